The van der Waals surface area contributed by atoms with Crippen molar-refractivity contribution in [1.82, 2.24) is 15.1 Å². The zero-order valence-electron chi connectivity index (χ0n) is 26.4. The van der Waals surface area contributed by atoms with Crippen LogP contribution in [0.4, 0.5) is 18.9 Å². The molecule has 3 aliphatic rings. The zero-order valence-corrected chi connectivity index (χ0v) is 26.4. The average molecular weight is 647 g/mol. The molecule has 1 saturated heterocycles. The Morgan fingerprint density at radius 2 is 1.77 bits per heavy atom. The van der Waals surface area contributed by atoms with Crippen LogP contribution in [0.15, 0.2) is 60.7 Å². The quantitative estimate of drug-likeness (QED) is 0.200. The fourth-order valence-corrected chi connectivity index (χ4v) is 7.01. The van der Waals surface area contributed by atoms with Crippen LogP contribution in [0, 0.1) is 0 Å². The van der Waals surface area contributed by atoms with Crippen LogP contribution in [0.2, 0.25) is 0 Å². The second kappa shape index (κ2) is 12.5. The van der Waals surface area contributed by atoms with E-state index >= 15 is 0 Å². The van der Waals surface area contributed by atoms with Gasteiger partial charge in [-0.05, 0) is 85.7 Å². The lowest BCUT2D eigenvalue weighted by atomic mass is 9.91. The van der Waals surface area contributed by atoms with Gasteiger partial charge in [0.05, 0.1) is 23.7 Å². The van der Waals surface area contributed by atoms with Crippen LogP contribution in [0.3, 0.4) is 0 Å². The van der Waals surface area contributed by atoms with Crippen molar-refractivity contribution in [1.29, 1.82) is 0 Å². The van der Waals surface area contributed by atoms with Gasteiger partial charge >= 0.3 is 12.1 Å². The zero-order chi connectivity index (χ0) is 33.5. The number of fused-ring (bicyclic) bond motifs is 3. The predicted octanol–water partition coefficient (Wildman–Crippen LogP) is 7.52. The summed E-state index contributed by atoms with van der Waals surface area (Å²) < 4.78 is 37.2. The number of aromatic nitrogens is 2. The molecule has 0 unspecified atom stereocenters. The second-order valence-corrected chi connectivity index (χ2v) is 12.7. The molecular weight excluding hydrogens is 609 g/mol. The van der Waals surface area contributed by atoms with Gasteiger partial charge < -0.3 is 15.2 Å². The van der Waals surface area contributed by atoms with E-state index in [9.17, 15) is 18.0 Å². The Hall–Kier alpha value is -4.64. The SMILES string of the molecule is COc1ccc2c(c1)[C@]1(C[C@H]1c1ccc3c(C=Cc4ccc(CN5[C@H](C)CCC[C@@H]5C)cc4)n[nH]c3c1)C(=O)N2.O=C(O)C(F)(F)F. The van der Waals surface area contributed by atoms with Crippen molar-refractivity contribution >= 4 is 40.6 Å². The van der Waals surface area contributed by atoms with Crippen molar-refractivity contribution in [2.45, 2.75) is 75.7 Å². The van der Waals surface area contributed by atoms with E-state index in [0.29, 0.717) is 12.1 Å². The van der Waals surface area contributed by atoms with Crippen LogP contribution < -0.4 is 10.1 Å². The van der Waals surface area contributed by atoms with E-state index in [4.69, 9.17) is 14.6 Å². The summed E-state index contributed by atoms with van der Waals surface area (Å²) in [6.07, 6.45) is 3.86. The van der Waals surface area contributed by atoms with Crippen molar-refractivity contribution in [3.63, 3.8) is 0 Å². The number of carboxylic acids is 1. The molecule has 47 heavy (non-hydrogen) atoms. The summed E-state index contributed by atoms with van der Waals surface area (Å²) in [7, 11) is 1.66. The number of benzene rings is 3. The number of carboxylic acid groups (broad SMARTS) is 1. The number of piperidine rings is 1. The van der Waals surface area contributed by atoms with Crippen LogP contribution >= 0.6 is 0 Å². The molecule has 3 aromatic carbocycles. The minimum absolute atomic E-state index is 0.0834. The molecule has 1 aliphatic carbocycles. The Morgan fingerprint density at radius 3 is 2.43 bits per heavy atom. The summed E-state index contributed by atoms with van der Waals surface area (Å²) in [6, 6.07) is 22.5. The Morgan fingerprint density at radius 1 is 1.06 bits per heavy atom. The largest absolute Gasteiger partial charge is 0.497 e. The van der Waals surface area contributed by atoms with Crippen molar-refractivity contribution < 1.29 is 32.6 Å². The van der Waals surface area contributed by atoms with Crippen LogP contribution in [0.5, 0.6) is 5.75 Å². The van der Waals surface area contributed by atoms with Crippen LogP contribution in [-0.2, 0) is 21.5 Å². The maximum Gasteiger partial charge on any atom is 0.490 e. The standard InChI is InChI=1S/C34H36N4O2.C2HF3O2/c1-21-5-4-6-22(2)38(21)20-24-9-7-23(8-10-24)11-15-30-27-14-12-25(17-32(27)37-36-30)29-19-34(29)28-18-26(40-3)13-16-31(28)35-33(34)39;3-2(4,5)1(6)7/h7-18,21-22,29H,4-6,19-20H2,1-3H3,(H,35,39)(H,36,37);(H,6,7)/t21-,22+,29-,34-;/m0./s1. The number of ether oxygens (including phenoxy) is 1. The first-order valence-electron chi connectivity index (χ1n) is 15.7. The number of hydrogen-bond acceptors (Lipinski definition) is 5. The fraction of sp³-hybridized carbons (Fsp3) is 0.361. The second-order valence-electron chi connectivity index (χ2n) is 12.7. The summed E-state index contributed by atoms with van der Waals surface area (Å²) >= 11 is 0. The number of aliphatic carboxylic acids is 1. The molecule has 0 bridgehead atoms. The van der Waals surface area contributed by atoms with Gasteiger partial charge in [-0.15, -0.1) is 0 Å². The van der Waals surface area contributed by atoms with Crippen LogP contribution in [0.1, 0.15) is 73.4 Å². The van der Waals surface area contributed by atoms with Gasteiger partial charge in [-0.2, -0.15) is 18.3 Å². The van der Waals surface area contributed by atoms with Crippen molar-refractivity contribution in [2.24, 2.45) is 0 Å². The first-order valence-corrected chi connectivity index (χ1v) is 15.7. The third-order valence-electron chi connectivity index (χ3n) is 9.74. The fourth-order valence-electron chi connectivity index (χ4n) is 7.01. The molecule has 11 heteroatoms. The van der Waals surface area contributed by atoms with E-state index in [0.717, 1.165) is 57.7 Å². The predicted molar refractivity (Wildman–Crippen MR) is 174 cm³/mol. The number of carbonyl (C=O) groups excluding carboxylic acids is 1. The van der Waals surface area contributed by atoms with Gasteiger partial charge in [-0.1, -0.05) is 48.9 Å². The molecule has 8 nitrogen and oxygen atoms in total. The number of aromatic amines is 1. The Bertz CT molecular complexity index is 1820. The highest BCUT2D eigenvalue weighted by molar-refractivity contribution is 6.10. The lowest BCUT2D eigenvalue weighted by Gasteiger charge is -2.39. The van der Waals surface area contributed by atoms with Gasteiger partial charge in [0.1, 0.15) is 5.75 Å². The highest BCUT2D eigenvalue weighted by Crippen LogP contribution is 2.65. The lowest BCUT2D eigenvalue weighted by Crippen LogP contribution is -2.42. The minimum atomic E-state index is -5.08. The smallest absolute Gasteiger partial charge is 0.490 e. The molecular formula is C36H37F3N4O4. The van der Waals surface area contributed by atoms with Gasteiger partial charge in [-0.3, -0.25) is 14.8 Å². The third kappa shape index (κ3) is 6.36. The van der Waals surface area contributed by atoms with Crippen LogP contribution in [0.25, 0.3) is 23.1 Å². The Labute approximate surface area is 270 Å². The summed E-state index contributed by atoms with van der Waals surface area (Å²) in [5.74, 6) is -1.75. The molecule has 0 radical (unpaired) electrons. The van der Waals surface area contributed by atoms with Gasteiger partial charge in [0.15, 0.2) is 0 Å². The Balaban J connectivity index is 0.000000499. The number of anilines is 1. The molecule has 3 N–H and O–H groups in total. The molecule has 1 spiro atoms. The van der Waals surface area contributed by atoms with Crippen LogP contribution in [-0.4, -0.2) is 57.5 Å². The normalized spacial score (nSPS) is 23.8. The first-order chi connectivity index (χ1) is 22.4. The van der Waals surface area contributed by atoms with Gasteiger partial charge in [0.25, 0.3) is 0 Å². The molecule has 7 rings (SSSR count). The number of carbonyl (C=O) groups is 2. The molecule has 246 valence electrons. The number of nitrogens with one attached hydrogen (secondary N) is 2. The summed E-state index contributed by atoms with van der Waals surface area (Å²) in [5, 5.41) is 19.1. The number of amides is 1. The van der Waals surface area contributed by atoms with E-state index < -0.39 is 17.6 Å². The molecule has 2 aliphatic heterocycles. The van der Waals surface area contributed by atoms with Gasteiger partial charge in [0, 0.05) is 35.6 Å². The average Bonchev–Trinajstić information content (AvgIpc) is 3.58. The lowest BCUT2D eigenvalue weighted by molar-refractivity contribution is -0.192. The highest BCUT2D eigenvalue weighted by atomic mass is 19.4. The number of hydrogen-bond donors (Lipinski definition) is 3. The summed E-state index contributed by atoms with van der Waals surface area (Å²) in [6.45, 7) is 5.73. The molecule has 1 amide bonds. The van der Waals surface area contributed by atoms with Crippen molar-refractivity contribution in [3.8, 4) is 5.75 Å². The molecule has 2 fully saturated rings. The molecule has 1 aromatic heterocycles. The summed E-state index contributed by atoms with van der Waals surface area (Å²) in [5.41, 5.74) is 7.03. The van der Waals surface area contributed by atoms with E-state index in [1.54, 1.807) is 7.11 Å². The maximum atomic E-state index is 13.1. The molecule has 4 aromatic rings. The van der Waals surface area contributed by atoms with E-state index in [-0.39, 0.29) is 11.8 Å². The number of nitrogens with zero attached hydrogens (tertiary/aromatic N) is 2. The number of methoxy groups -OCH3 is 1. The van der Waals surface area contributed by atoms with E-state index in [1.165, 1.54) is 24.8 Å². The van der Waals surface area contributed by atoms with Crippen molar-refractivity contribution in [3.05, 3.63) is 88.6 Å². The first kappa shape index (κ1) is 32.3. The molecule has 4 atom stereocenters. The number of rotatable bonds is 6. The van der Waals surface area contributed by atoms with E-state index in [1.807, 2.05) is 18.2 Å². The number of alkyl halides is 3. The van der Waals surface area contributed by atoms with E-state index in [2.05, 4.69) is 88.9 Å². The molecule has 1 saturated carbocycles. The summed E-state index contributed by atoms with van der Waals surface area (Å²) in [4.78, 5) is 24.6. The minimum Gasteiger partial charge on any atom is -0.497 e. The van der Waals surface area contributed by atoms with Gasteiger partial charge in [0.2, 0.25) is 5.91 Å². The monoisotopic (exact) mass is 646 g/mol. The van der Waals surface area contributed by atoms with Crippen molar-refractivity contribution in [2.75, 3.05) is 12.4 Å². The highest BCUT2D eigenvalue weighted by Gasteiger charge is 2.65. The topological polar surface area (TPSA) is 108 Å². The number of halogens is 3. The molecule has 3 heterocycles. The third-order valence-corrected chi connectivity index (χ3v) is 9.74. The Kier molecular flexibility index (Phi) is 8.61. The maximum absolute atomic E-state index is 13.1. The number of likely N-dealkylation sites (tertiary alicyclic amines) is 1. The van der Waals surface area contributed by atoms with Gasteiger partial charge in [-0.25, -0.2) is 4.79 Å². The number of H-pyrrole nitrogens is 1.